The molecule has 0 unspecified atom stereocenters. The zero-order chi connectivity index (χ0) is 19.9. The summed E-state index contributed by atoms with van der Waals surface area (Å²) in [4.78, 5) is 38.3. The summed E-state index contributed by atoms with van der Waals surface area (Å²) in [5.74, 6) is -1.04. The molecule has 1 heterocycles. The Morgan fingerprint density at radius 3 is 2.57 bits per heavy atom. The largest absolute Gasteiger partial charge is 0.484 e. The van der Waals surface area contributed by atoms with Crippen molar-refractivity contribution in [1.29, 1.82) is 0 Å². The number of carbonyl (C=O) groups is 3. The third-order valence-corrected chi connectivity index (χ3v) is 4.18. The first kappa shape index (κ1) is 19.3. The van der Waals surface area contributed by atoms with Gasteiger partial charge in [0.2, 0.25) is 0 Å². The summed E-state index contributed by atoms with van der Waals surface area (Å²) in [6, 6.07) is 10.3. The molecule has 3 N–H and O–H groups in total. The van der Waals surface area contributed by atoms with Gasteiger partial charge >= 0.3 is 5.97 Å². The molecule has 1 fully saturated rings. The first-order valence-corrected chi connectivity index (χ1v) is 9.00. The van der Waals surface area contributed by atoms with E-state index in [0.29, 0.717) is 24.8 Å². The minimum atomic E-state index is -1.18. The van der Waals surface area contributed by atoms with Crippen molar-refractivity contribution in [2.45, 2.75) is 25.3 Å². The van der Waals surface area contributed by atoms with Crippen molar-refractivity contribution in [1.82, 2.24) is 15.6 Å². The fourth-order valence-electron chi connectivity index (χ4n) is 2.51. The van der Waals surface area contributed by atoms with Gasteiger partial charge < -0.3 is 20.5 Å². The first-order chi connectivity index (χ1) is 13.5. The van der Waals surface area contributed by atoms with E-state index >= 15 is 0 Å². The number of nitrogens with one attached hydrogen (secondary N) is 2. The highest BCUT2D eigenvalue weighted by molar-refractivity contribution is 5.96. The maximum atomic E-state index is 12.1. The SMILES string of the molecule is O=C(COc1ccc(CCNC(=O)c2ccnc(C(=O)O)c2)cc1)NC1CC1. The molecule has 28 heavy (non-hydrogen) atoms. The second kappa shape index (κ2) is 8.98. The lowest BCUT2D eigenvalue weighted by atomic mass is 10.1. The molecule has 146 valence electrons. The van der Waals surface area contributed by atoms with Gasteiger partial charge in [0, 0.05) is 24.3 Å². The molecule has 0 aliphatic heterocycles. The molecule has 8 nitrogen and oxygen atoms in total. The second-order valence-corrected chi connectivity index (χ2v) is 6.52. The van der Waals surface area contributed by atoms with Gasteiger partial charge in [-0.1, -0.05) is 12.1 Å². The molecule has 8 heteroatoms. The summed E-state index contributed by atoms with van der Waals surface area (Å²) in [5, 5.41) is 14.5. The van der Waals surface area contributed by atoms with Gasteiger partial charge in [-0.2, -0.15) is 0 Å². The van der Waals surface area contributed by atoms with Crippen LogP contribution in [-0.4, -0.2) is 47.1 Å². The van der Waals surface area contributed by atoms with Gasteiger partial charge in [-0.15, -0.1) is 0 Å². The van der Waals surface area contributed by atoms with E-state index in [9.17, 15) is 14.4 Å². The molecule has 0 radical (unpaired) electrons. The number of aromatic nitrogens is 1. The van der Waals surface area contributed by atoms with Gasteiger partial charge in [0.25, 0.3) is 11.8 Å². The lowest BCUT2D eigenvalue weighted by molar-refractivity contribution is -0.123. The average molecular weight is 383 g/mol. The normalized spacial score (nSPS) is 12.9. The molecule has 0 bridgehead atoms. The fourth-order valence-corrected chi connectivity index (χ4v) is 2.51. The Morgan fingerprint density at radius 2 is 1.89 bits per heavy atom. The van der Waals surface area contributed by atoms with Crippen LogP contribution in [0, 0.1) is 0 Å². The van der Waals surface area contributed by atoms with Gasteiger partial charge in [-0.3, -0.25) is 9.59 Å². The van der Waals surface area contributed by atoms with Gasteiger partial charge in [-0.25, -0.2) is 9.78 Å². The number of amides is 2. The number of carboxylic acid groups (broad SMARTS) is 1. The van der Waals surface area contributed by atoms with Crippen LogP contribution in [0.4, 0.5) is 0 Å². The molecule has 0 saturated heterocycles. The van der Waals surface area contributed by atoms with E-state index in [0.717, 1.165) is 18.4 Å². The van der Waals surface area contributed by atoms with Gasteiger partial charge in [0.15, 0.2) is 6.61 Å². The Kier molecular flexibility index (Phi) is 6.21. The number of rotatable bonds is 9. The molecule has 1 saturated carbocycles. The zero-order valence-corrected chi connectivity index (χ0v) is 15.2. The van der Waals surface area contributed by atoms with Crippen molar-refractivity contribution in [3.63, 3.8) is 0 Å². The summed E-state index contributed by atoms with van der Waals surface area (Å²) in [6.45, 7) is 0.393. The predicted molar refractivity (Wildman–Crippen MR) is 100 cm³/mol. The van der Waals surface area contributed by atoms with Crippen LogP contribution in [0.2, 0.25) is 0 Å². The summed E-state index contributed by atoms with van der Waals surface area (Å²) in [7, 11) is 0. The number of carboxylic acids is 1. The molecule has 1 aliphatic rings. The van der Waals surface area contributed by atoms with Gasteiger partial charge in [0.1, 0.15) is 11.4 Å². The molecular formula is C20H21N3O5. The van der Waals surface area contributed by atoms with Crippen LogP contribution in [0.25, 0.3) is 0 Å². The van der Waals surface area contributed by atoms with E-state index in [1.54, 1.807) is 12.1 Å². The van der Waals surface area contributed by atoms with Crippen molar-refractivity contribution in [3.8, 4) is 5.75 Å². The maximum absolute atomic E-state index is 12.1. The number of nitrogens with zero attached hydrogens (tertiary/aromatic N) is 1. The number of pyridine rings is 1. The smallest absolute Gasteiger partial charge is 0.354 e. The molecule has 1 aromatic carbocycles. The van der Waals surface area contributed by atoms with E-state index in [2.05, 4.69) is 15.6 Å². The van der Waals surface area contributed by atoms with Crippen molar-refractivity contribution >= 4 is 17.8 Å². The van der Waals surface area contributed by atoms with Crippen molar-refractivity contribution in [2.24, 2.45) is 0 Å². The Balaban J connectivity index is 1.41. The highest BCUT2D eigenvalue weighted by Gasteiger charge is 2.23. The number of carbonyl (C=O) groups excluding carboxylic acids is 2. The Labute approximate surface area is 161 Å². The highest BCUT2D eigenvalue weighted by atomic mass is 16.5. The number of ether oxygens (including phenoxy) is 1. The summed E-state index contributed by atoms with van der Waals surface area (Å²) < 4.78 is 5.45. The first-order valence-electron chi connectivity index (χ1n) is 9.00. The minimum Gasteiger partial charge on any atom is -0.484 e. The topological polar surface area (TPSA) is 118 Å². The van der Waals surface area contributed by atoms with Crippen LogP contribution in [0.15, 0.2) is 42.6 Å². The van der Waals surface area contributed by atoms with Crippen LogP contribution >= 0.6 is 0 Å². The monoisotopic (exact) mass is 383 g/mol. The molecule has 2 amide bonds. The maximum Gasteiger partial charge on any atom is 0.354 e. The number of benzene rings is 1. The van der Waals surface area contributed by atoms with Crippen LogP contribution < -0.4 is 15.4 Å². The predicted octanol–water partition coefficient (Wildman–Crippen LogP) is 1.41. The Morgan fingerprint density at radius 1 is 1.14 bits per heavy atom. The fraction of sp³-hybridized carbons (Fsp3) is 0.300. The molecule has 1 aliphatic carbocycles. The van der Waals surface area contributed by atoms with Gasteiger partial charge in [-0.05, 0) is 49.1 Å². The van der Waals surface area contributed by atoms with Crippen LogP contribution in [-0.2, 0) is 11.2 Å². The standard InChI is InChI=1S/C20H21N3O5/c24-18(23-15-3-4-15)12-28-16-5-1-13(2-6-16)7-9-22-19(25)14-8-10-21-17(11-14)20(26)27/h1-2,5-6,8,10-11,15H,3-4,7,9,12H2,(H,22,25)(H,23,24)(H,26,27). The number of hydrogen-bond acceptors (Lipinski definition) is 5. The van der Waals surface area contributed by atoms with E-state index in [1.165, 1.54) is 18.3 Å². The minimum absolute atomic E-state index is 0.00380. The van der Waals surface area contributed by atoms with E-state index < -0.39 is 5.97 Å². The highest BCUT2D eigenvalue weighted by Crippen LogP contribution is 2.18. The lowest BCUT2D eigenvalue weighted by Gasteiger charge is -2.08. The van der Waals surface area contributed by atoms with Gasteiger partial charge in [0.05, 0.1) is 0 Å². The summed E-state index contributed by atoms with van der Waals surface area (Å²) in [5.41, 5.74) is 1.07. The molecule has 0 atom stereocenters. The van der Waals surface area contributed by atoms with Crippen molar-refractivity contribution < 1.29 is 24.2 Å². The third kappa shape index (κ3) is 5.80. The molecule has 2 aromatic rings. The van der Waals surface area contributed by atoms with E-state index in [1.807, 2.05) is 12.1 Å². The zero-order valence-electron chi connectivity index (χ0n) is 15.2. The third-order valence-electron chi connectivity index (χ3n) is 4.18. The molecular weight excluding hydrogens is 362 g/mol. The second-order valence-electron chi connectivity index (χ2n) is 6.52. The molecule has 1 aromatic heterocycles. The number of hydrogen-bond donors (Lipinski definition) is 3. The summed E-state index contributed by atoms with van der Waals surface area (Å²) in [6.07, 6.45) is 3.98. The average Bonchev–Trinajstić information content (AvgIpc) is 3.51. The van der Waals surface area contributed by atoms with Crippen LogP contribution in [0.1, 0.15) is 39.3 Å². The Hall–Kier alpha value is -3.42. The summed E-state index contributed by atoms with van der Waals surface area (Å²) >= 11 is 0. The Bertz CT molecular complexity index is 862. The van der Waals surface area contributed by atoms with Crippen LogP contribution in [0.3, 0.4) is 0 Å². The van der Waals surface area contributed by atoms with E-state index in [-0.39, 0.29) is 29.7 Å². The van der Waals surface area contributed by atoms with Crippen molar-refractivity contribution in [2.75, 3.05) is 13.2 Å². The number of aromatic carboxylic acids is 1. The lowest BCUT2D eigenvalue weighted by Crippen LogP contribution is -2.30. The molecule has 0 spiro atoms. The van der Waals surface area contributed by atoms with E-state index in [4.69, 9.17) is 9.84 Å². The van der Waals surface area contributed by atoms with Crippen LogP contribution in [0.5, 0.6) is 5.75 Å². The van der Waals surface area contributed by atoms with Crippen molar-refractivity contribution in [3.05, 3.63) is 59.4 Å². The quantitative estimate of drug-likeness (QED) is 0.603. The molecule has 3 rings (SSSR count).